The van der Waals surface area contributed by atoms with E-state index in [4.69, 9.17) is 9.72 Å². The number of aryl methyl sites for hydroxylation is 1. The van der Waals surface area contributed by atoms with E-state index in [1.807, 2.05) is 43.1 Å². The predicted molar refractivity (Wildman–Crippen MR) is 143 cm³/mol. The number of ether oxygens (including phenoxy) is 1. The molecule has 1 aromatic heterocycles. The van der Waals surface area contributed by atoms with Gasteiger partial charge in [0, 0.05) is 12.3 Å². The molecule has 1 aliphatic carbocycles. The fraction of sp³-hybridized carbons (Fsp3) is 0.500. The Morgan fingerprint density at radius 1 is 1.06 bits per heavy atom. The summed E-state index contributed by atoms with van der Waals surface area (Å²) in [5.74, 6) is 1.17. The second kappa shape index (κ2) is 9.38. The molecular weight excluding hydrogens is 450 g/mol. The molecule has 36 heavy (non-hydrogen) atoms. The fourth-order valence-electron chi connectivity index (χ4n) is 6.17. The molecule has 6 nitrogen and oxygen atoms in total. The lowest BCUT2D eigenvalue weighted by atomic mass is 9.64. The molecule has 0 radical (unpaired) electrons. The van der Waals surface area contributed by atoms with Gasteiger partial charge in [-0.1, -0.05) is 76.6 Å². The summed E-state index contributed by atoms with van der Waals surface area (Å²) in [4.78, 5) is 31.7. The van der Waals surface area contributed by atoms with Crippen molar-refractivity contribution in [1.29, 1.82) is 0 Å². The van der Waals surface area contributed by atoms with Crippen LogP contribution in [0.3, 0.4) is 0 Å². The van der Waals surface area contributed by atoms with Crippen LogP contribution in [0.2, 0.25) is 0 Å². The molecule has 2 fully saturated rings. The molecular formula is C30H37N3O3. The highest BCUT2D eigenvalue weighted by Crippen LogP contribution is 2.44. The summed E-state index contributed by atoms with van der Waals surface area (Å²) in [6, 6.07) is 17.3. The molecule has 2 aromatic carbocycles. The highest BCUT2D eigenvalue weighted by molar-refractivity contribution is 5.85. The van der Waals surface area contributed by atoms with Gasteiger partial charge in [-0.25, -0.2) is 14.5 Å². The third-order valence-electron chi connectivity index (χ3n) is 8.45. The summed E-state index contributed by atoms with van der Waals surface area (Å²) in [5, 5.41) is 2.40. The molecule has 6 heteroatoms. The molecule has 0 bridgehead atoms. The maximum atomic E-state index is 13.6. The van der Waals surface area contributed by atoms with E-state index in [1.54, 1.807) is 10.7 Å². The molecule has 190 valence electrons. The first-order valence-electron chi connectivity index (χ1n) is 13.3. The van der Waals surface area contributed by atoms with Crippen LogP contribution in [0, 0.1) is 11.8 Å². The van der Waals surface area contributed by atoms with Gasteiger partial charge in [0.25, 0.3) is 5.56 Å². The van der Waals surface area contributed by atoms with E-state index in [0.717, 1.165) is 19.3 Å². The number of rotatable bonds is 6. The van der Waals surface area contributed by atoms with Gasteiger partial charge in [-0.2, -0.15) is 0 Å². The van der Waals surface area contributed by atoms with E-state index in [9.17, 15) is 9.59 Å². The minimum absolute atomic E-state index is 0.115. The number of aromatic nitrogens is 2. The normalized spacial score (nSPS) is 26.1. The maximum absolute atomic E-state index is 13.6. The number of hydrogen-bond donors (Lipinski definition) is 0. The molecule has 0 amide bonds. The number of para-hydroxylation sites is 1. The Bertz CT molecular complexity index is 1320. The van der Waals surface area contributed by atoms with Gasteiger partial charge in [0.05, 0.1) is 16.9 Å². The average molecular weight is 488 g/mol. The number of carbonyl (C=O) groups excluding carboxylic acids is 1. The lowest BCUT2D eigenvalue weighted by molar-refractivity contribution is -0.155. The highest BCUT2D eigenvalue weighted by Gasteiger charge is 2.54. The molecule has 0 unspecified atom stereocenters. The molecule has 5 atom stereocenters. The minimum atomic E-state index is -0.478. The van der Waals surface area contributed by atoms with Gasteiger partial charge in [0.1, 0.15) is 11.9 Å². The fourth-order valence-corrected chi connectivity index (χ4v) is 6.17. The Balaban J connectivity index is 1.41. The number of carbonyl (C=O) groups is 1. The summed E-state index contributed by atoms with van der Waals surface area (Å²) < 4.78 is 7.92. The number of esters is 1. The van der Waals surface area contributed by atoms with Crippen LogP contribution >= 0.6 is 0 Å². The van der Waals surface area contributed by atoms with Crippen molar-refractivity contribution < 1.29 is 9.53 Å². The first-order chi connectivity index (χ1) is 17.2. The van der Waals surface area contributed by atoms with Crippen molar-refractivity contribution in [3.63, 3.8) is 0 Å². The van der Waals surface area contributed by atoms with Gasteiger partial charge in [-0.05, 0) is 48.8 Å². The lowest BCUT2D eigenvalue weighted by Crippen LogP contribution is -2.44. The SMILES string of the molecule is CCc1nc2ccccc2c(=O)n1N1[C@H](C)[C@H]1C(=O)O[C@@H]1C[C@H](C)CC[C@H]1C(C)(C)c1ccccc1. The standard InChI is InChI=1S/C30H37N3O3/c1-6-26-31-24-15-11-10-14-22(24)28(34)33(26)32-20(3)27(32)29(35)36-25-18-19(2)16-17-23(25)30(4,5)21-12-8-7-9-13-21/h7-15,19-20,23,25,27H,6,16-18H2,1-5H3/t19-,20-,23-,25-,27+,32?/m1/s1. The van der Waals surface area contributed by atoms with Crippen molar-refractivity contribution in [2.75, 3.05) is 5.01 Å². The molecule has 1 saturated heterocycles. The molecule has 0 N–H and O–H groups in total. The Labute approximate surface area is 213 Å². The topological polar surface area (TPSA) is 64.2 Å². The predicted octanol–water partition coefficient (Wildman–Crippen LogP) is 4.99. The number of benzene rings is 2. The second-order valence-corrected chi connectivity index (χ2v) is 11.2. The molecule has 1 saturated carbocycles. The van der Waals surface area contributed by atoms with Crippen molar-refractivity contribution in [1.82, 2.24) is 9.66 Å². The van der Waals surface area contributed by atoms with Crippen LogP contribution in [0.15, 0.2) is 59.4 Å². The van der Waals surface area contributed by atoms with Gasteiger partial charge in [-0.3, -0.25) is 9.80 Å². The van der Waals surface area contributed by atoms with Gasteiger partial charge < -0.3 is 4.74 Å². The van der Waals surface area contributed by atoms with Crippen molar-refractivity contribution in [3.05, 3.63) is 76.3 Å². The largest absolute Gasteiger partial charge is 0.460 e. The second-order valence-electron chi connectivity index (χ2n) is 11.2. The van der Waals surface area contributed by atoms with Gasteiger partial charge in [-0.15, -0.1) is 0 Å². The molecule has 2 aliphatic rings. The van der Waals surface area contributed by atoms with Crippen molar-refractivity contribution in [3.8, 4) is 0 Å². The Morgan fingerprint density at radius 3 is 2.47 bits per heavy atom. The van der Waals surface area contributed by atoms with E-state index in [1.165, 1.54) is 5.56 Å². The minimum Gasteiger partial charge on any atom is -0.460 e. The van der Waals surface area contributed by atoms with Crippen LogP contribution in [0.1, 0.15) is 65.3 Å². The molecule has 1 aliphatic heterocycles. The number of hydrogen-bond acceptors (Lipinski definition) is 5. The third kappa shape index (κ3) is 4.21. The number of nitrogens with zero attached hydrogens (tertiary/aromatic N) is 3. The van der Waals surface area contributed by atoms with Crippen molar-refractivity contribution in [2.45, 2.75) is 83.9 Å². The third-order valence-corrected chi connectivity index (χ3v) is 8.45. The summed E-state index contributed by atoms with van der Waals surface area (Å²) in [6.07, 6.45) is 3.48. The first-order valence-corrected chi connectivity index (χ1v) is 13.3. The van der Waals surface area contributed by atoms with Gasteiger partial charge in [0.15, 0.2) is 6.04 Å². The van der Waals surface area contributed by atoms with Crippen molar-refractivity contribution in [2.24, 2.45) is 11.8 Å². The van der Waals surface area contributed by atoms with E-state index >= 15 is 0 Å². The highest BCUT2D eigenvalue weighted by atomic mass is 16.5. The maximum Gasteiger partial charge on any atom is 0.332 e. The zero-order valence-electron chi connectivity index (χ0n) is 22.0. The van der Waals surface area contributed by atoms with Crippen LogP contribution in [-0.4, -0.2) is 33.8 Å². The van der Waals surface area contributed by atoms with Gasteiger partial charge in [0.2, 0.25) is 0 Å². The van der Waals surface area contributed by atoms with E-state index in [0.29, 0.717) is 29.1 Å². The molecule has 5 rings (SSSR count). The Kier molecular flexibility index (Phi) is 6.39. The van der Waals surface area contributed by atoms with Crippen LogP contribution < -0.4 is 10.6 Å². The van der Waals surface area contributed by atoms with E-state index in [-0.39, 0.29) is 35.0 Å². The summed E-state index contributed by atoms with van der Waals surface area (Å²) >= 11 is 0. The number of fused-ring (bicyclic) bond motifs is 1. The quantitative estimate of drug-likeness (QED) is 0.362. The molecule has 3 aromatic rings. The summed E-state index contributed by atoms with van der Waals surface area (Å²) in [5.41, 5.74) is 1.71. The van der Waals surface area contributed by atoms with E-state index in [2.05, 4.69) is 45.0 Å². The Hall–Kier alpha value is -3.15. The summed E-state index contributed by atoms with van der Waals surface area (Å²) in [7, 11) is 0. The first kappa shape index (κ1) is 24.5. The zero-order chi connectivity index (χ0) is 25.6. The van der Waals surface area contributed by atoms with Crippen LogP contribution in [0.5, 0.6) is 0 Å². The van der Waals surface area contributed by atoms with Crippen molar-refractivity contribution >= 4 is 16.9 Å². The van der Waals surface area contributed by atoms with Gasteiger partial charge >= 0.3 is 5.97 Å². The monoisotopic (exact) mass is 487 g/mol. The Morgan fingerprint density at radius 2 is 1.75 bits per heavy atom. The van der Waals surface area contributed by atoms with Crippen LogP contribution in [-0.2, 0) is 21.4 Å². The smallest absolute Gasteiger partial charge is 0.332 e. The summed E-state index contributed by atoms with van der Waals surface area (Å²) in [6.45, 7) is 10.7. The van der Waals surface area contributed by atoms with Crippen LogP contribution in [0.25, 0.3) is 10.9 Å². The van der Waals surface area contributed by atoms with E-state index < -0.39 is 6.04 Å². The molecule has 0 spiro atoms. The average Bonchev–Trinajstić information content (AvgIpc) is 3.54. The zero-order valence-corrected chi connectivity index (χ0v) is 22.0. The lowest BCUT2D eigenvalue weighted by Gasteiger charge is -2.44. The van der Waals surface area contributed by atoms with Crippen LogP contribution in [0.4, 0.5) is 0 Å². The molecule has 2 heterocycles.